The molecule has 30 heteroatoms. The van der Waals surface area contributed by atoms with Gasteiger partial charge in [-0.05, 0) is 119 Å². The molecule has 2 heterocycles. The van der Waals surface area contributed by atoms with Gasteiger partial charge in [0.1, 0.15) is 41.8 Å². The molecule has 6 fully saturated rings. The van der Waals surface area contributed by atoms with Crippen LogP contribution in [0.15, 0.2) is 0 Å². The molecule has 105 heavy (non-hydrogen) atoms. The van der Waals surface area contributed by atoms with Gasteiger partial charge in [-0.2, -0.15) is 13.2 Å². The van der Waals surface area contributed by atoms with Crippen molar-refractivity contribution in [1.29, 1.82) is 0 Å². The van der Waals surface area contributed by atoms with Gasteiger partial charge in [0, 0.05) is 81.5 Å². The van der Waals surface area contributed by atoms with Gasteiger partial charge in [-0.25, -0.2) is 0 Å². The summed E-state index contributed by atoms with van der Waals surface area (Å²) in [5.74, 6) is -11.1. The van der Waals surface area contributed by atoms with Crippen LogP contribution in [0.3, 0.4) is 0 Å². The highest BCUT2D eigenvalue weighted by Gasteiger charge is 2.51. The number of carbonyl (C=O) groups is 12. The molecule has 1 spiro atoms. The Hall–Kier alpha value is -6.36. The zero-order valence-electron chi connectivity index (χ0n) is 64.7. The molecular formula is C75H124ClF3N12O14. The lowest BCUT2D eigenvalue weighted by Crippen LogP contribution is -2.64. The van der Waals surface area contributed by atoms with E-state index in [2.05, 4.69) is 16.0 Å². The highest BCUT2D eigenvalue weighted by molar-refractivity contribution is 6.21. The minimum Gasteiger partial charge on any atom is -0.382 e. The Balaban J connectivity index is 1.45. The van der Waals surface area contributed by atoms with Crippen molar-refractivity contribution in [3.63, 3.8) is 0 Å². The Morgan fingerprint density at radius 3 is 1.80 bits per heavy atom. The summed E-state index contributed by atoms with van der Waals surface area (Å²) in [6, 6.07) is -7.58. The number of likely N-dealkylation sites (N-methyl/N-ethyl adjacent to an activating group) is 7. The van der Waals surface area contributed by atoms with E-state index in [1.165, 1.54) is 80.9 Å². The number of hydrogen-bond acceptors (Lipinski definition) is 14. The van der Waals surface area contributed by atoms with E-state index >= 15 is 28.8 Å². The molecule has 3 unspecified atom stereocenters. The van der Waals surface area contributed by atoms with Gasteiger partial charge < -0.3 is 69.5 Å². The summed E-state index contributed by atoms with van der Waals surface area (Å²) >= 11 is 6.43. The summed E-state index contributed by atoms with van der Waals surface area (Å²) < 4.78 is 53.3. The van der Waals surface area contributed by atoms with Crippen LogP contribution in [0.2, 0.25) is 0 Å². The number of ether oxygens (including phenoxy) is 2. The first-order valence-corrected chi connectivity index (χ1v) is 39.1. The molecule has 10 atom stereocenters. The molecule has 0 aromatic heterocycles. The Bertz CT molecular complexity index is 2950. The van der Waals surface area contributed by atoms with E-state index in [0.29, 0.717) is 58.0 Å². The van der Waals surface area contributed by atoms with E-state index in [1.807, 2.05) is 20.8 Å². The molecule has 2 saturated heterocycles. The third kappa shape index (κ3) is 24.6. The maximum atomic E-state index is 15.9. The first kappa shape index (κ1) is 87.5. The SMILES string of the molecule is CC[C@H](C)[C@@H]1NC(=O)[C@H](CC(C)C)N(C)C(=O)C[C@@H](C(=O)N2CCCCC2)N(C)C(=O)[C@H](C2CCCCC2)N(C)C(=O)C2(CCCC2)NC(=O)CN(CCOCCOC)C(=O)[C@H](CCC2CCC(C(F)(F)F)C(Cl)C2)NC(=O)CN(C)C(=O)[C@H](CC2CCCCC2)N(C)C(=O)CN(C)C(=O)CN(C)C1=O. The van der Waals surface area contributed by atoms with Crippen molar-refractivity contribution in [2.75, 3.05) is 122 Å². The van der Waals surface area contributed by atoms with E-state index in [0.717, 1.165) is 72.5 Å². The predicted octanol–water partition coefficient (Wildman–Crippen LogP) is 5.99. The van der Waals surface area contributed by atoms with Crippen molar-refractivity contribution >= 4 is 82.5 Å². The van der Waals surface area contributed by atoms with E-state index in [1.54, 1.807) is 11.8 Å². The fourth-order valence-electron chi connectivity index (χ4n) is 16.4. The molecule has 26 nitrogen and oxygen atoms in total. The maximum absolute atomic E-state index is 15.9. The molecule has 4 saturated carbocycles. The van der Waals surface area contributed by atoms with Gasteiger partial charge in [0.15, 0.2) is 0 Å². The van der Waals surface area contributed by atoms with E-state index in [9.17, 15) is 41.9 Å². The molecule has 12 amide bonds. The summed E-state index contributed by atoms with van der Waals surface area (Å²) in [4.78, 5) is 192. The lowest BCUT2D eigenvalue weighted by atomic mass is 9.78. The van der Waals surface area contributed by atoms with Crippen molar-refractivity contribution in [1.82, 2.24) is 60.0 Å². The fourth-order valence-corrected chi connectivity index (χ4v) is 16.9. The van der Waals surface area contributed by atoms with Crippen LogP contribution in [0.5, 0.6) is 0 Å². The summed E-state index contributed by atoms with van der Waals surface area (Å²) in [7, 11) is 11.5. The quantitative estimate of drug-likeness (QED) is 0.112. The van der Waals surface area contributed by atoms with Gasteiger partial charge in [-0.1, -0.05) is 98.3 Å². The summed E-state index contributed by atoms with van der Waals surface area (Å²) in [5.41, 5.74) is -1.61. The molecule has 6 rings (SSSR count). The number of methoxy groups -OCH3 is 1. The summed E-state index contributed by atoms with van der Waals surface area (Å²) in [5, 5.41) is 7.49. The third-order valence-electron chi connectivity index (χ3n) is 23.2. The number of nitrogens with one attached hydrogen (secondary N) is 3. The fraction of sp³-hybridized carbons (Fsp3) is 0.840. The maximum Gasteiger partial charge on any atom is 0.393 e. The second kappa shape index (κ2) is 41.3. The highest BCUT2D eigenvalue weighted by Crippen LogP contribution is 2.44. The molecule has 2 aliphatic heterocycles. The Kier molecular flexibility index (Phi) is 34.4. The average Bonchev–Trinajstić information content (AvgIpc) is 1.77. The molecule has 3 N–H and O–H groups in total. The number of alkyl halides is 4. The van der Waals surface area contributed by atoms with Crippen LogP contribution in [0.25, 0.3) is 0 Å². The molecular weight excluding hydrogens is 1390 g/mol. The first-order valence-electron chi connectivity index (χ1n) is 38.7. The van der Waals surface area contributed by atoms with Gasteiger partial charge in [-0.3, -0.25) is 57.5 Å². The minimum absolute atomic E-state index is 0.0117. The molecule has 0 radical (unpaired) electrons. The molecule has 596 valence electrons. The molecule has 0 aromatic rings. The van der Waals surface area contributed by atoms with Crippen molar-refractivity contribution in [3.8, 4) is 0 Å². The van der Waals surface area contributed by atoms with E-state index < -0.39 is 181 Å². The highest BCUT2D eigenvalue weighted by atomic mass is 35.5. The normalized spacial score (nSPS) is 28.0. The third-order valence-corrected chi connectivity index (χ3v) is 23.7. The number of amides is 12. The lowest BCUT2D eigenvalue weighted by Gasteiger charge is -2.43. The molecule has 0 bridgehead atoms. The largest absolute Gasteiger partial charge is 0.393 e. The minimum atomic E-state index is -4.53. The molecule has 4 aliphatic carbocycles. The number of likely N-dealkylation sites (tertiary alicyclic amines) is 1. The van der Waals surface area contributed by atoms with Crippen LogP contribution in [-0.4, -0.2) is 290 Å². The predicted molar refractivity (Wildman–Crippen MR) is 389 cm³/mol. The second-order valence-corrected chi connectivity index (χ2v) is 32.0. The summed E-state index contributed by atoms with van der Waals surface area (Å²) in [6.45, 7) is 5.63. The number of nitrogens with zero attached hydrogens (tertiary/aromatic N) is 9. The standard InChI is InChI=1S/C75H124ClF3N12O14/c1-13-50(4)65-71(101)85(7)47-63(95)83(5)48-64(96)87(9)58(43-51-25-17-14-18-26-51)69(99)84(6)45-60(92)80-56(32-30-52-29-31-54(55(76)42-52)75(77,78)79)68(98)91(37-38-105-40-39-104-12)46-61(93)82-74(33-21-22-34-74)73(103)89(11)66(53-27-19-15-20-28-53)72(102)88(10)59(70(100)90-35-23-16-24-36-90)44-62(94)86(8)57(41-49(2)3)67(97)81-65/h49-59,65-66H,13-48H2,1-12H3,(H,80,92)(H,81,97)(H,82,93)/t50-,52?,54?,55?,56-,57-,58-,59-,65-,66-/m0/s1. The van der Waals surface area contributed by atoms with Gasteiger partial charge >= 0.3 is 6.18 Å². The van der Waals surface area contributed by atoms with Crippen LogP contribution >= 0.6 is 11.6 Å². The van der Waals surface area contributed by atoms with Gasteiger partial charge in [0.05, 0.1) is 58.3 Å². The number of carbonyl (C=O) groups excluding carboxylic acids is 12. The Morgan fingerprint density at radius 2 is 1.20 bits per heavy atom. The topological polar surface area (TPSA) is 289 Å². The smallest absolute Gasteiger partial charge is 0.382 e. The van der Waals surface area contributed by atoms with Crippen LogP contribution < -0.4 is 16.0 Å². The van der Waals surface area contributed by atoms with E-state index in [4.69, 9.17) is 21.1 Å². The van der Waals surface area contributed by atoms with Crippen molar-refractivity contribution in [3.05, 3.63) is 0 Å². The second-order valence-electron chi connectivity index (χ2n) is 31.5. The average molecular weight is 1510 g/mol. The zero-order valence-corrected chi connectivity index (χ0v) is 65.5. The van der Waals surface area contributed by atoms with Gasteiger partial charge in [0.25, 0.3) is 0 Å². The zero-order chi connectivity index (χ0) is 77.6. The molecule has 0 aromatic carbocycles. The molecule has 6 aliphatic rings. The van der Waals surface area contributed by atoms with Gasteiger partial charge in [-0.15, -0.1) is 11.6 Å². The number of rotatable bonds is 17. The first-order chi connectivity index (χ1) is 49.6. The number of halogens is 4. The number of piperidine rings is 1. The van der Waals surface area contributed by atoms with Crippen LogP contribution in [0.4, 0.5) is 13.2 Å². The van der Waals surface area contributed by atoms with Crippen LogP contribution in [-0.2, 0) is 67.0 Å². The lowest BCUT2D eigenvalue weighted by molar-refractivity contribution is -0.182. The van der Waals surface area contributed by atoms with Gasteiger partial charge in [0.2, 0.25) is 70.9 Å². The van der Waals surface area contributed by atoms with E-state index in [-0.39, 0.29) is 96.0 Å². The Labute approximate surface area is 625 Å². The monoisotopic (exact) mass is 1510 g/mol. The van der Waals surface area contributed by atoms with Crippen molar-refractivity contribution in [2.24, 2.45) is 35.5 Å². The van der Waals surface area contributed by atoms with Crippen molar-refractivity contribution < 1.29 is 80.2 Å². The summed E-state index contributed by atoms with van der Waals surface area (Å²) in [6.07, 6.45) is 6.73. The number of hydrogen-bond donors (Lipinski definition) is 3. The van der Waals surface area contributed by atoms with Crippen molar-refractivity contribution in [2.45, 2.75) is 248 Å². The van der Waals surface area contributed by atoms with Crippen LogP contribution in [0.1, 0.15) is 195 Å². The Morgan fingerprint density at radius 1 is 0.600 bits per heavy atom. The van der Waals surface area contributed by atoms with Crippen LogP contribution in [0, 0.1) is 35.5 Å².